The van der Waals surface area contributed by atoms with Gasteiger partial charge < -0.3 is 24.6 Å². The SMILES string of the molecule is C=Cc1c(/C=C\C)c2ccc(N(c3ccccc3)c3cc(Nc4ccccc4)cc(N(C4=C/N(C)/C=C\C=C/C(=C)C(=C)/C=C\4)c4ccccc4)c3)cc2n1C. The third-order valence-corrected chi connectivity index (χ3v) is 9.76. The number of benzene rings is 5. The Kier molecular flexibility index (Phi) is 11.2. The van der Waals surface area contributed by atoms with Crippen LogP contribution in [0, 0.1) is 0 Å². The monoisotopic (exact) mass is 729 g/mol. The van der Waals surface area contributed by atoms with Crippen LogP contribution in [-0.4, -0.2) is 16.5 Å². The smallest absolute Gasteiger partial charge is 0.0623 e. The number of rotatable bonds is 10. The molecule has 0 saturated carbocycles. The minimum Gasteiger partial charge on any atom is -0.355 e. The van der Waals surface area contributed by atoms with Crippen LogP contribution < -0.4 is 15.1 Å². The lowest BCUT2D eigenvalue weighted by atomic mass is 10.1. The number of para-hydroxylation sites is 3. The van der Waals surface area contributed by atoms with Crippen LogP contribution in [0.15, 0.2) is 213 Å². The highest BCUT2D eigenvalue weighted by atomic mass is 15.2. The van der Waals surface area contributed by atoms with Crippen LogP contribution in [0.25, 0.3) is 23.1 Å². The second kappa shape index (κ2) is 16.8. The Balaban J connectivity index is 1.49. The summed E-state index contributed by atoms with van der Waals surface area (Å²) in [6.07, 6.45) is 20.5. The fourth-order valence-electron chi connectivity index (χ4n) is 7.05. The third kappa shape index (κ3) is 7.98. The van der Waals surface area contributed by atoms with E-state index < -0.39 is 0 Å². The number of allylic oxidation sites excluding steroid dienone is 8. The minimum absolute atomic E-state index is 0.835. The topological polar surface area (TPSA) is 26.7 Å². The van der Waals surface area contributed by atoms with Gasteiger partial charge in [0.2, 0.25) is 0 Å². The fourth-order valence-corrected chi connectivity index (χ4v) is 7.05. The van der Waals surface area contributed by atoms with E-state index in [0.717, 1.165) is 73.4 Å². The molecule has 2 heterocycles. The molecule has 0 bridgehead atoms. The van der Waals surface area contributed by atoms with Gasteiger partial charge in [-0.15, -0.1) is 0 Å². The second-order valence-electron chi connectivity index (χ2n) is 13.6. The Morgan fingerprint density at radius 3 is 1.89 bits per heavy atom. The molecule has 56 heavy (non-hydrogen) atoms. The first-order valence-corrected chi connectivity index (χ1v) is 18.7. The molecule has 0 amide bonds. The van der Waals surface area contributed by atoms with Gasteiger partial charge in [-0.2, -0.15) is 0 Å². The second-order valence-corrected chi connectivity index (χ2v) is 13.6. The first-order valence-electron chi connectivity index (χ1n) is 18.7. The zero-order chi connectivity index (χ0) is 39.0. The first-order chi connectivity index (χ1) is 27.3. The van der Waals surface area contributed by atoms with E-state index in [9.17, 15) is 0 Å². The maximum absolute atomic E-state index is 4.33. The molecule has 276 valence electrons. The average Bonchev–Trinajstić information content (AvgIpc) is 3.47. The average molecular weight is 730 g/mol. The van der Waals surface area contributed by atoms with Gasteiger partial charge in [-0.3, -0.25) is 0 Å². The lowest BCUT2D eigenvalue weighted by Gasteiger charge is -2.31. The molecule has 6 aromatic rings. The van der Waals surface area contributed by atoms with E-state index in [2.05, 4.69) is 186 Å². The highest BCUT2D eigenvalue weighted by molar-refractivity contribution is 5.97. The number of nitrogens with one attached hydrogen (secondary N) is 1. The third-order valence-electron chi connectivity index (χ3n) is 9.76. The molecule has 1 aromatic heterocycles. The number of aromatic nitrogens is 1. The van der Waals surface area contributed by atoms with E-state index in [-0.39, 0.29) is 0 Å². The quantitative estimate of drug-likeness (QED) is 0.152. The molecule has 5 aromatic carbocycles. The summed E-state index contributed by atoms with van der Waals surface area (Å²) < 4.78 is 2.23. The molecule has 0 radical (unpaired) electrons. The first kappa shape index (κ1) is 37.1. The Labute approximate surface area is 331 Å². The molecule has 1 N–H and O–H groups in total. The van der Waals surface area contributed by atoms with Gasteiger partial charge in [0.05, 0.1) is 22.6 Å². The maximum atomic E-state index is 4.33. The number of nitrogens with zero attached hydrogens (tertiary/aromatic N) is 4. The summed E-state index contributed by atoms with van der Waals surface area (Å²) in [6, 6.07) is 44.7. The number of hydrogen-bond donors (Lipinski definition) is 1. The Morgan fingerprint density at radius 1 is 0.607 bits per heavy atom. The molecule has 0 fully saturated rings. The summed E-state index contributed by atoms with van der Waals surface area (Å²) in [5.41, 5.74) is 12.9. The Morgan fingerprint density at radius 2 is 1.23 bits per heavy atom. The minimum atomic E-state index is 0.835. The molecule has 0 atom stereocenters. The molecule has 5 nitrogen and oxygen atoms in total. The molecule has 0 saturated heterocycles. The highest BCUT2D eigenvalue weighted by Crippen LogP contribution is 2.43. The number of fused-ring (bicyclic) bond motifs is 1. The van der Waals surface area contributed by atoms with E-state index in [1.54, 1.807) is 0 Å². The van der Waals surface area contributed by atoms with Crippen LogP contribution in [-0.2, 0) is 7.05 Å². The molecule has 0 spiro atoms. The van der Waals surface area contributed by atoms with Crippen molar-refractivity contribution < 1.29 is 0 Å². The van der Waals surface area contributed by atoms with E-state index in [1.165, 1.54) is 5.39 Å². The molecular formula is C51H47N5. The van der Waals surface area contributed by atoms with Gasteiger partial charge in [0.25, 0.3) is 0 Å². The van der Waals surface area contributed by atoms with Gasteiger partial charge >= 0.3 is 0 Å². The van der Waals surface area contributed by atoms with Crippen LogP contribution >= 0.6 is 0 Å². The van der Waals surface area contributed by atoms with Gasteiger partial charge in [-0.05, 0) is 103 Å². The summed E-state index contributed by atoms with van der Waals surface area (Å²) in [7, 11) is 4.15. The predicted molar refractivity (Wildman–Crippen MR) is 242 cm³/mol. The summed E-state index contributed by atoms with van der Waals surface area (Å²) in [6.45, 7) is 14.8. The number of hydrogen-bond acceptors (Lipinski definition) is 4. The highest BCUT2D eigenvalue weighted by Gasteiger charge is 2.21. The molecule has 0 aliphatic carbocycles. The van der Waals surface area contributed by atoms with Crippen molar-refractivity contribution in [3.63, 3.8) is 0 Å². The van der Waals surface area contributed by atoms with Gasteiger partial charge in [0, 0.05) is 71.6 Å². The molecule has 1 aliphatic heterocycles. The van der Waals surface area contributed by atoms with Crippen molar-refractivity contribution in [3.8, 4) is 0 Å². The van der Waals surface area contributed by atoms with E-state index in [4.69, 9.17) is 0 Å². The normalized spacial score (nSPS) is 15.8. The van der Waals surface area contributed by atoms with Crippen LogP contribution in [0.5, 0.6) is 0 Å². The van der Waals surface area contributed by atoms with E-state index in [1.807, 2.05) is 67.9 Å². The van der Waals surface area contributed by atoms with Crippen LogP contribution in [0.4, 0.5) is 39.8 Å². The van der Waals surface area contributed by atoms with Gasteiger partial charge in [-0.25, -0.2) is 0 Å². The number of aryl methyl sites for hydroxylation is 1. The van der Waals surface area contributed by atoms with Crippen LogP contribution in [0.3, 0.4) is 0 Å². The van der Waals surface area contributed by atoms with Crippen molar-refractivity contribution in [2.24, 2.45) is 7.05 Å². The molecule has 5 heteroatoms. The van der Waals surface area contributed by atoms with Crippen molar-refractivity contribution in [2.75, 3.05) is 22.2 Å². The largest absolute Gasteiger partial charge is 0.355 e. The molecule has 0 unspecified atom stereocenters. The number of anilines is 7. The van der Waals surface area contributed by atoms with Crippen molar-refractivity contribution in [2.45, 2.75) is 6.92 Å². The van der Waals surface area contributed by atoms with E-state index in [0.29, 0.717) is 0 Å². The summed E-state index contributed by atoms with van der Waals surface area (Å²) >= 11 is 0. The summed E-state index contributed by atoms with van der Waals surface area (Å²) in [4.78, 5) is 6.67. The van der Waals surface area contributed by atoms with E-state index >= 15 is 0 Å². The van der Waals surface area contributed by atoms with Crippen LogP contribution in [0.2, 0.25) is 0 Å². The lowest BCUT2D eigenvalue weighted by molar-refractivity contribution is 0.619. The molecular weight excluding hydrogens is 683 g/mol. The predicted octanol–water partition coefficient (Wildman–Crippen LogP) is 13.7. The Bertz CT molecular complexity index is 2530. The van der Waals surface area contributed by atoms with Crippen molar-refractivity contribution >= 4 is 62.9 Å². The maximum Gasteiger partial charge on any atom is 0.0623 e. The van der Waals surface area contributed by atoms with Gasteiger partial charge in [0.1, 0.15) is 0 Å². The summed E-state index contributed by atoms with van der Waals surface area (Å²) in [5.74, 6) is 0. The van der Waals surface area contributed by atoms with Crippen LogP contribution in [0.1, 0.15) is 18.2 Å². The Hall–Kier alpha value is -7.24. The lowest BCUT2D eigenvalue weighted by Crippen LogP contribution is -2.19. The molecule has 7 rings (SSSR count). The summed E-state index contributed by atoms with van der Waals surface area (Å²) in [5, 5.41) is 4.90. The van der Waals surface area contributed by atoms with Crippen molar-refractivity contribution in [1.29, 1.82) is 0 Å². The molecule has 1 aliphatic rings. The van der Waals surface area contributed by atoms with Crippen molar-refractivity contribution in [3.05, 3.63) is 224 Å². The zero-order valence-corrected chi connectivity index (χ0v) is 32.3. The zero-order valence-electron chi connectivity index (χ0n) is 32.3. The van der Waals surface area contributed by atoms with Crippen molar-refractivity contribution in [1.82, 2.24) is 9.47 Å². The van der Waals surface area contributed by atoms with Gasteiger partial charge in [0.15, 0.2) is 0 Å². The fraction of sp³-hybridized carbons (Fsp3) is 0.0588. The standard InChI is InChI=1S/C51H47N5/c1-7-20-48-49-31-30-44(36-51(49)54(6)50(48)8-2)55(42-24-14-10-15-25-42)46-33-41(52-40-22-12-9-13-23-40)34-47(35-46)56(43-26-16-11-17-27-43)45-29-28-39(4)38(3)21-18-19-32-53(5)37-45/h7-37,52H,2-4H2,1,5-6H3/b20-7-,21-18-,29-28-,32-19-,45-37+. The van der Waals surface area contributed by atoms with Gasteiger partial charge in [-0.1, -0.05) is 111 Å².